The van der Waals surface area contributed by atoms with Gasteiger partial charge < -0.3 is 10.6 Å². The average Bonchev–Trinajstić information content (AvgIpc) is 2.28. The van der Waals surface area contributed by atoms with Crippen LogP contribution in [0.5, 0.6) is 0 Å². The number of benzene rings is 1. The molecule has 0 bridgehead atoms. The Morgan fingerprint density at radius 2 is 2.18 bits per heavy atom. The van der Waals surface area contributed by atoms with E-state index in [0.717, 1.165) is 19.5 Å². The molecular weight excluding hydrogens is 222 g/mol. The first-order valence-electron chi connectivity index (χ1n) is 6.00. The van der Waals surface area contributed by atoms with E-state index in [4.69, 9.17) is 5.73 Å². The van der Waals surface area contributed by atoms with Gasteiger partial charge in [-0.05, 0) is 37.0 Å². The fourth-order valence-corrected chi connectivity index (χ4v) is 2.44. The van der Waals surface area contributed by atoms with Crippen LogP contribution in [0.15, 0.2) is 18.2 Å². The van der Waals surface area contributed by atoms with E-state index < -0.39 is 6.43 Å². The second kappa shape index (κ2) is 4.90. The SMILES string of the molecule is CC1CCCN(c2ccc(N)cc2C(F)F)C1. The van der Waals surface area contributed by atoms with Crippen LogP contribution in [0.1, 0.15) is 31.8 Å². The van der Waals surface area contributed by atoms with Crippen LogP contribution in [0.25, 0.3) is 0 Å². The molecule has 1 fully saturated rings. The molecule has 1 aliphatic rings. The van der Waals surface area contributed by atoms with Gasteiger partial charge in [0, 0.05) is 30.0 Å². The number of nitrogen functional groups attached to an aromatic ring is 1. The van der Waals surface area contributed by atoms with Gasteiger partial charge in [-0.3, -0.25) is 0 Å². The summed E-state index contributed by atoms with van der Waals surface area (Å²) in [5.74, 6) is 0.562. The zero-order chi connectivity index (χ0) is 12.4. The Labute approximate surface area is 100 Å². The first kappa shape index (κ1) is 12.1. The summed E-state index contributed by atoms with van der Waals surface area (Å²) in [7, 11) is 0. The van der Waals surface area contributed by atoms with Crippen LogP contribution in [0, 0.1) is 5.92 Å². The number of halogens is 2. The molecule has 0 aromatic heterocycles. The lowest BCUT2D eigenvalue weighted by Crippen LogP contribution is -2.34. The van der Waals surface area contributed by atoms with Gasteiger partial charge in [0.25, 0.3) is 6.43 Å². The van der Waals surface area contributed by atoms with E-state index in [-0.39, 0.29) is 5.56 Å². The summed E-state index contributed by atoms with van der Waals surface area (Å²) in [6.45, 7) is 3.86. The molecular formula is C13H18F2N2. The van der Waals surface area contributed by atoms with Crippen molar-refractivity contribution in [2.24, 2.45) is 5.92 Å². The van der Waals surface area contributed by atoms with Gasteiger partial charge in [-0.15, -0.1) is 0 Å². The molecule has 4 heteroatoms. The van der Waals surface area contributed by atoms with Crippen molar-refractivity contribution < 1.29 is 8.78 Å². The number of rotatable bonds is 2. The Morgan fingerprint density at radius 1 is 1.41 bits per heavy atom. The molecule has 0 spiro atoms. The summed E-state index contributed by atoms with van der Waals surface area (Å²) >= 11 is 0. The van der Waals surface area contributed by atoms with Crippen LogP contribution >= 0.6 is 0 Å². The number of anilines is 2. The second-order valence-electron chi connectivity index (χ2n) is 4.81. The molecule has 1 aromatic rings. The van der Waals surface area contributed by atoms with E-state index in [1.807, 2.05) is 0 Å². The molecule has 1 aromatic carbocycles. The molecule has 1 unspecified atom stereocenters. The third-order valence-corrected chi connectivity index (χ3v) is 3.28. The summed E-state index contributed by atoms with van der Waals surface area (Å²) < 4.78 is 26.0. The molecule has 0 aliphatic carbocycles. The Kier molecular flexibility index (Phi) is 3.50. The number of alkyl halides is 2. The minimum Gasteiger partial charge on any atom is -0.399 e. The van der Waals surface area contributed by atoms with Gasteiger partial charge in [-0.2, -0.15) is 0 Å². The lowest BCUT2D eigenvalue weighted by Gasteiger charge is -2.34. The van der Waals surface area contributed by atoms with Crippen LogP contribution in [-0.4, -0.2) is 13.1 Å². The lowest BCUT2D eigenvalue weighted by molar-refractivity contribution is 0.151. The third kappa shape index (κ3) is 2.68. The van der Waals surface area contributed by atoms with Crippen molar-refractivity contribution in [3.8, 4) is 0 Å². The average molecular weight is 240 g/mol. The largest absolute Gasteiger partial charge is 0.399 e. The predicted octanol–water partition coefficient (Wildman–Crippen LogP) is 3.44. The van der Waals surface area contributed by atoms with Crippen molar-refractivity contribution in [3.63, 3.8) is 0 Å². The van der Waals surface area contributed by atoms with E-state index in [9.17, 15) is 8.78 Å². The van der Waals surface area contributed by atoms with Crippen LogP contribution in [0.2, 0.25) is 0 Å². The molecule has 0 radical (unpaired) electrons. The quantitative estimate of drug-likeness (QED) is 0.802. The number of piperidine rings is 1. The van der Waals surface area contributed by atoms with E-state index in [1.54, 1.807) is 12.1 Å². The van der Waals surface area contributed by atoms with E-state index in [1.165, 1.54) is 12.5 Å². The maximum absolute atomic E-state index is 13.0. The number of hydrogen-bond donors (Lipinski definition) is 1. The summed E-state index contributed by atoms with van der Waals surface area (Å²) in [6, 6.07) is 4.80. The van der Waals surface area contributed by atoms with Crippen molar-refractivity contribution in [2.75, 3.05) is 23.7 Å². The van der Waals surface area contributed by atoms with E-state index in [0.29, 0.717) is 17.3 Å². The highest BCUT2D eigenvalue weighted by atomic mass is 19.3. The minimum atomic E-state index is -2.47. The molecule has 1 heterocycles. The summed E-state index contributed by atoms with van der Waals surface area (Å²) in [5.41, 5.74) is 6.66. The first-order valence-corrected chi connectivity index (χ1v) is 6.00. The zero-order valence-electron chi connectivity index (χ0n) is 10.00. The Hall–Kier alpha value is -1.32. The fraction of sp³-hybridized carbons (Fsp3) is 0.538. The molecule has 1 atom stereocenters. The second-order valence-corrected chi connectivity index (χ2v) is 4.81. The van der Waals surface area contributed by atoms with Crippen LogP contribution < -0.4 is 10.6 Å². The maximum Gasteiger partial charge on any atom is 0.265 e. The fourth-order valence-electron chi connectivity index (χ4n) is 2.44. The predicted molar refractivity (Wildman–Crippen MR) is 66.4 cm³/mol. The van der Waals surface area contributed by atoms with Crippen molar-refractivity contribution in [1.29, 1.82) is 0 Å². The van der Waals surface area contributed by atoms with Crippen LogP contribution in [0.3, 0.4) is 0 Å². The normalized spacial score (nSPS) is 20.9. The summed E-state index contributed by atoms with van der Waals surface area (Å²) in [4.78, 5) is 2.05. The van der Waals surface area contributed by atoms with Gasteiger partial charge in [-0.25, -0.2) is 8.78 Å². The Morgan fingerprint density at radius 3 is 2.82 bits per heavy atom. The Bertz CT molecular complexity index is 393. The van der Waals surface area contributed by atoms with Gasteiger partial charge in [0.15, 0.2) is 0 Å². The molecule has 2 nitrogen and oxygen atoms in total. The number of nitrogens with two attached hydrogens (primary N) is 1. The van der Waals surface area contributed by atoms with Crippen LogP contribution in [0.4, 0.5) is 20.2 Å². The highest BCUT2D eigenvalue weighted by molar-refractivity contribution is 5.60. The number of hydrogen-bond acceptors (Lipinski definition) is 2. The molecule has 0 saturated carbocycles. The molecule has 2 rings (SSSR count). The van der Waals surface area contributed by atoms with E-state index >= 15 is 0 Å². The van der Waals surface area contributed by atoms with Gasteiger partial charge in [-0.1, -0.05) is 6.92 Å². The summed E-state index contributed by atoms with van der Waals surface area (Å²) in [5, 5.41) is 0. The molecule has 1 saturated heterocycles. The monoisotopic (exact) mass is 240 g/mol. The van der Waals surface area contributed by atoms with Crippen molar-refractivity contribution in [1.82, 2.24) is 0 Å². The minimum absolute atomic E-state index is 0.0547. The van der Waals surface area contributed by atoms with Gasteiger partial charge in [0.05, 0.1) is 0 Å². The topological polar surface area (TPSA) is 29.3 Å². The maximum atomic E-state index is 13.0. The first-order chi connectivity index (χ1) is 8.08. The van der Waals surface area contributed by atoms with Crippen molar-refractivity contribution >= 4 is 11.4 Å². The zero-order valence-corrected chi connectivity index (χ0v) is 10.00. The smallest absolute Gasteiger partial charge is 0.265 e. The summed E-state index contributed by atoms with van der Waals surface area (Å²) in [6.07, 6.45) is -0.227. The van der Waals surface area contributed by atoms with Gasteiger partial charge >= 0.3 is 0 Å². The van der Waals surface area contributed by atoms with Gasteiger partial charge in [0.1, 0.15) is 0 Å². The standard InChI is InChI=1S/C13H18F2N2/c1-9-3-2-6-17(8-9)12-5-4-10(16)7-11(12)13(14)15/h4-5,7,9,13H,2-3,6,8,16H2,1H3. The molecule has 0 amide bonds. The highest BCUT2D eigenvalue weighted by Gasteiger charge is 2.22. The van der Waals surface area contributed by atoms with Crippen molar-refractivity contribution in [2.45, 2.75) is 26.2 Å². The molecule has 94 valence electrons. The van der Waals surface area contributed by atoms with Crippen molar-refractivity contribution in [3.05, 3.63) is 23.8 Å². The molecule has 2 N–H and O–H groups in total. The highest BCUT2D eigenvalue weighted by Crippen LogP contribution is 2.33. The van der Waals surface area contributed by atoms with E-state index in [2.05, 4.69) is 11.8 Å². The van der Waals surface area contributed by atoms with Crippen LogP contribution in [-0.2, 0) is 0 Å². The lowest BCUT2D eigenvalue weighted by atomic mass is 9.98. The number of nitrogens with zero attached hydrogens (tertiary/aromatic N) is 1. The van der Waals surface area contributed by atoms with Gasteiger partial charge in [0.2, 0.25) is 0 Å². The Balaban J connectivity index is 2.30. The third-order valence-electron chi connectivity index (χ3n) is 3.28. The molecule has 17 heavy (non-hydrogen) atoms. The molecule has 1 aliphatic heterocycles.